The van der Waals surface area contributed by atoms with Crippen LogP contribution in [-0.2, 0) is 14.3 Å². The van der Waals surface area contributed by atoms with Crippen LogP contribution >= 0.6 is 0 Å². The van der Waals surface area contributed by atoms with Crippen molar-refractivity contribution in [3.63, 3.8) is 0 Å². The summed E-state index contributed by atoms with van der Waals surface area (Å²) in [4.78, 5) is 26.2. The van der Waals surface area contributed by atoms with Gasteiger partial charge in [-0.05, 0) is 71.8 Å². The Morgan fingerprint density at radius 3 is 2.55 bits per heavy atom. The van der Waals surface area contributed by atoms with Crippen molar-refractivity contribution in [1.82, 2.24) is 10.2 Å². The van der Waals surface area contributed by atoms with E-state index in [-0.39, 0.29) is 30.3 Å². The van der Waals surface area contributed by atoms with Gasteiger partial charge in [0.15, 0.2) is 0 Å². The van der Waals surface area contributed by atoms with E-state index in [1.807, 2.05) is 6.92 Å². The number of rotatable bonds is 6. The van der Waals surface area contributed by atoms with Gasteiger partial charge < -0.3 is 19.7 Å². The summed E-state index contributed by atoms with van der Waals surface area (Å²) in [5.74, 6) is 0.196. The van der Waals surface area contributed by atoms with E-state index in [1.165, 1.54) is 11.6 Å². The SMILES string of the molecule is CC(C)=CC[C@@H]1O[C@H](C)[C@H](NC(=O)/C=C\[C@H](C)OC(=O)N2CCCCC2)C[C@H]1C. The highest BCUT2D eigenvalue weighted by molar-refractivity contribution is 5.87. The third-order valence-electron chi connectivity index (χ3n) is 5.72. The summed E-state index contributed by atoms with van der Waals surface area (Å²) < 4.78 is 11.6. The summed E-state index contributed by atoms with van der Waals surface area (Å²) in [5.41, 5.74) is 1.30. The molecule has 1 N–H and O–H groups in total. The number of carbonyl (C=O) groups excluding carboxylic acids is 2. The lowest BCUT2D eigenvalue weighted by Gasteiger charge is -2.39. The van der Waals surface area contributed by atoms with E-state index in [2.05, 4.69) is 32.2 Å². The molecule has 6 nitrogen and oxygen atoms in total. The van der Waals surface area contributed by atoms with Crippen molar-refractivity contribution in [2.75, 3.05) is 13.1 Å². The fourth-order valence-electron chi connectivity index (χ4n) is 3.87. The average molecular weight is 407 g/mol. The molecule has 2 aliphatic heterocycles. The Morgan fingerprint density at radius 2 is 1.90 bits per heavy atom. The van der Waals surface area contributed by atoms with E-state index in [4.69, 9.17) is 9.47 Å². The summed E-state index contributed by atoms with van der Waals surface area (Å²) in [6, 6.07) is -0.0173. The Labute approximate surface area is 175 Å². The number of allylic oxidation sites excluding steroid dienone is 1. The molecule has 2 fully saturated rings. The van der Waals surface area contributed by atoms with Crippen LogP contribution in [0, 0.1) is 5.92 Å². The minimum absolute atomic E-state index is 0.0173. The van der Waals surface area contributed by atoms with Gasteiger partial charge in [-0.1, -0.05) is 18.6 Å². The first-order valence-electron chi connectivity index (χ1n) is 11.0. The Hall–Kier alpha value is -1.82. The minimum atomic E-state index is -0.442. The summed E-state index contributed by atoms with van der Waals surface area (Å²) in [5, 5.41) is 3.04. The first-order valence-corrected chi connectivity index (χ1v) is 11.0. The molecule has 164 valence electrons. The summed E-state index contributed by atoms with van der Waals surface area (Å²) in [6.45, 7) is 11.7. The molecule has 2 rings (SSSR count). The van der Waals surface area contributed by atoms with Gasteiger partial charge in [-0.25, -0.2) is 4.79 Å². The highest BCUT2D eigenvalue weighted by Gasteiger charge is 2.33. The van der Waals surface area contributed by atoms with E-state index in [9.17, 15) is 9.59 Å². The second kappa shape index (κ2) is 11.4. The number of ether oxygens (including phenoxy) is 2. The van der Waals surface area contributed by atoms with Gasteiger partial charge in [0.1, 0.15) is 6.10 Å². The zero-order valence-electron chi connectivity index (χ0n) is 18.6. The molecular formula is C23H38N2O4. The van der Waals surface area contributed by atoms with Crippen LogP contribution in [-0.4, -0.2) is 54.3 Å². The molecule has 0 spiro atoms. The lowest BCUT2D eigenvalue weighted by atomic mass is 9.88. The highest BCUT2D eigenvalue weighted by Crippen LogP contribution is 2.27. The average Bonchev–Trinajstić information content (AvgIpc) is 2.68. The molecule has 2 heterocycles. The molecule has 5 atom stereocenters. The minimum Gasteiger partial charge on any atom is -0.442 e. The Morgan fingerprint density at radius 1 is 1.21 bits per heavy atom. The molecule has 6 heteroatoms. The number of nitrogens with one attached hydrogen (secondary N) is 1. The number of carbonyl (C=O) groups is 2. The van der Waals surface area contributed by atoms with Crippen LogP contribution in [0.2, 0.25) is 0 Å². The highest BCUT2D eigenvalue weighted by atomic mass is 16.6. The topological polar surface area (TPSA) is 67.9 Å². The molecular weight excluding hydrogens is 368 g/mol. The molecule has 2 saturated heterocycles. The van der Waals surface area contributed by atoms with Crippen LogP contribution in [0.1, 0.15) is 66.7 Å². The molecule has 2 aliphatic rings. The maximum absolute atomic E-state index is 12.3. The fraction of sp³-hybridized carbons (Fsp3) is 0.739. The number of amides is 2. The lowest BCUT2D eigenvalue weighted by Crippen LogP contribution is -2.50. The van der Waals surface area contributed by atoms with Crippen LogP contribution in [0.25, 0.3) is 0 Å². The van der Waals surface area contributed by atoms with Gasteiger partial charge in [-0.2, -0.15) is 0 Å². The Bertz CT molecular complexity index is 606. The standard InChI is InChI=1S/C23H38N2O4/c1-16(2)9-11-21-17(3)15-20(19(5)29-21)24-22(26)12-10-18(4)28-23(27)25-13-7-6-8-14-25/h9-10,12,17-21H,6-8,11,13-15H2,1-5H3,(H,24,26)/b12-10-/t17-,18+,19-,20-,21+/m1/s1. The molecule has 0 unspecified atom stereocenters. The molecule has 0 aromatic carbocycles. The van der Waals surface area contributed by atoms with Crippen molar-refractivity contribution in [2.45, 2.75) is 91.1 Å². The van der Waals surface area contributed by atoms with E-state index >= 15 is 0 Å². The molecule has 0 radical (unpaired) electrons. The van der Waals surface area contributed by atoms with Crippen molar-refractivity contribution < 1.29 is 19.1 Å². The molecule has 0 aromatic rings. The fourth-order valence-corrected chi connectivity index (χ4v) is 3.87. The van der Waals surface area contributed by atoms with Gasteiger partial charge in [0.05, 0.1) is 18.2 Å². The number of hydrogen-bond donors (Lipinski definition) is 1. The molecule has 0 bridgehead atoms. The van der Waals surface area contributed by atoms with Gasteiger partial charge in [0.2, 0.25) is 5.91 Å². The van der Waals surface area contributed by atoms with Crippen molar-refractivity contribution in [1.29, 1.82) is 0 Å². The third-order valence-corrected chi connectivity index (χ3v) is 5.72. The monoisotopic (exact) mass is 406 g/mol. The molecule has 0 aliphatic carbocycles. The number of nitrogens with zero attached hydrogens (tertiary/aromatic N) is 1. The normalized spacial score (nSPS) is 28.7. The quantitative estimate of drug-likeness (QED) is 0.530. The van der Waals surface area contributed by atoms with Crippen LogP contribution in [0.15, 0.2) is 23.8 Å². The van der Waals surface area contributed by atoms with Gasteiger partial charge in [-0.15, -0.1) is 0 Å². The van der Waals surface area contributed by atoms with Gasteiger partial charge in [0, 0.05) is 19.2 Å². The number of piperidine rings is 1. The summed E-state index contributed by atoms with van der Waals surface area (Å²) in [7, 11) is 0. The predicted molar refractivity (Wildman–Crippen MR) is 115 cm³/mol. The summed E-state index contributed by atoms with van der Waals surface area (Å²) in [6.07, 6.45) is 9.73. The van der Waals surface area contributed by atoms with Crippen LogP contribution in [0.5, 0.6) is 0 Å². The smallest absolute Gasteiger partial charge is 0.410 e. The van der Waals surface area contributed by atoms with Gasteiger partial charge in [-0.3, -0.25) is 4.79 Å². The van der Waals surface area contributed by atoms with Crippen LogP contribution in [0.4, 0.5) is 4.79 Å². The van der Waals surface area contributed by atoms with Crippen LogP contribution in [0.3, 0.4) is 0 Å². The van der Waals surface area contributed by atoms with Crippen molar-refractivity contribution >= 4 is 12.0 Å². The Kier molecular flexibility index (Phi) is 9.21. The second-order valence-electron chi connectivity index (χ2n) is 8.72. The lowest BCUT2D eigenvalue weighted by molar-refractivity contribution is -0.123. The predicted octanol–water partition coefficient (Wildman–Crippen LogP) is 4.21. The van der Waals surface area contributed by atoms with Crippen LogP contribution < -0.4 is 5.32 Å². The Balaban J connectivity index is 1.77. The first-order chi connectivity index (χ1) is 13.8. The molecule has 2 amide bonds. The number of likely N-dealkylation sites (tertiary alicyclic amines) is 1. The first kappa shape index (κ1) is 23.5. The van der Waals surface area contributed by atoms with Crippen molar-refractivity contribution in [2.24, 2.45) is 5.92 Å². The zero-order valence-corrected chi connectivity index (χ0v) is 18.6. The van der Waals surface area contributed by atoms with Crippen molar-refractivity contribution in [3.05, 3.63) is 23.8 Å². The third kappa shape index (κ3) is 7.84. The van der Waals surface area contributed by atoms with Gasteiger partial charge in [0.25, 0.3) is 0 Å². The van der Waals surface area contributed by atoms with Crippen molar-refractivity contribution in [3.8, 4) is 0 Å². The maximum atomic E-state index is 12.3. The zero-order chi connectivity index (χ0) is 21.4. The maximum Gasteiger partial charge on any atom is 0.410 e. The summed E-state index contributed by atoms with van der Waals surface area (Å²) >= 11 is 0. The molecule has 29 heavy (non-hydrogen) atoms. The molecule has 0 saturated carbocycles. The largest absolute Gasteiger partial charge is 0.442 e. The molecule has 0 aromatic heterocycles. The second-order valence-corrected chi connectivity index (χ2v) is 8.72. The van der Waals surface area contributed by atoms with E-state index in [1.54, 1.807) is 17.9 Å². The number of hydrogen-bond acceptors (Lipinski definition) is 4. The van der Waals surface area contributed by atoms with E-state index < -0.39 is 6.10 Å². The van der Waals surface area contributed by atoms with E-state index in [0.717, 1.165) is 45.2 Å². The van der Waals surface area contributed by atoms with E-state index in [0.29, 0.717) is 5.92 Å². The van der Waals surface area contributed by atoms with Gasteiger partial charge >= 0.3 is 6.09 Å².